The molecule has 0 radical (unpaired) electrons. The Morgan fingerprint density at radius 2 is 0.947 bits per heavy atom. The van der Waals surface area contributed by atoms with E-state index in [-0.39, 0.29) is 0 Å². The fourth-order valence-corrected chi connectivity index (χ4v) is 8.13. The van der Waals surface area contributed by atoms with Gasteiger partial charge in [-0.05, 0) is 98.8 Å². The van der Waals surface area contributed by atoms with Crippen molar-refractivity contribution in [1.82, 2.24) is 4.98 Å². The van der Waals surface area contributed by atoms with Crippen LogP contribution in [0.5, 0.6) is 0 Å². The quantitative estimate of drug-likeness (QED) is 0.164. The van der Waals surface area contributed by atoms with E-state index in [0.29, 0.717) is 5.89 Å². The number of aromatic nitrogens is 1. The number of anilines is 3. The molecule has 0 aliphatic heterocycles. The maximum atomic E-state index is 6.62. The molecule has 0 saturated heterocycles. The average molecular weight is 731 g/mol. The minimum Gasteiger partial charge on any atom is -0.456 e. The lowest BCUT2D eigenvalue weighted by atomic mass is 9.90. The highest BCUT2D eigenvalue weighted by Crippen LogP contribution is 2.44. The van der Waals surface area contributed by atoms with Crippen molar-refractivity contribution in [2.24, 2.45) is 0 Å². The van der Waals surface area contributed by atoms with Gasteiger partial charge in [-0.2, -0.15) is 0 Å². The number of benzene rings is 9. The van der Waals surface area contributed by atoms with Crippen LogP contribution < -0.4 is 4.90 Å². The maximum Gasteiger partial charge on any atom is 0.227 e. The maximum absolute atomic E-state index is 6.62. The first-order valence-corrected chi connectivity index (χ1v) is 19.2. The van der Waals surface area contributed by atoms with Gasteiger partial charge < -0.3 is 13.7 Å². The Labute approximate surface area is 329 Å². The average Bonchev–Trinajstić information content (AvgIpc) is 3.87. The van der Waals surface area contributed by atoms with Gasteiger partial charge in [-0.1, -0.05) is 140 Å². The van der Waals surface area contributed by atoms with E-state index < -0.39 is 0 Å². The first-order chi connectivity index (χ1) is 28.2. The molecule has 2 aromatic heterocycles. The molecule has 2 heterocycles. The monoisotopic (exact) mass is 730 g/mol. The topological polar surface area (TPSA) is 42.4 Å². The molecule has 0 saturated carbocycles. The molecule has 268 valence electrons. The van der Waals surface area contributed by atoms with Crippen molar-refractivity contribution in [3.05, 3.63) is 206 Å². The summed E-state index contributed by atoms with van der Waals surface area (Å²) in [5.74, 6) is 0.597. The van der Waals surface area contributed by atoms with Gasteiger partial charge in [-0.3, -0.25) is 0 Å². The van der Waals surface area contributed by atoms with Crippen LogP contribution >= 0.6 is 0 Å². The van der Waals surface area contributed by atoms with Crippen molar-refractivity contribution in [3.63, 3.8) is 0 Å². The molecule has 0 bridgehead atoms. The van der Waals surface area contributed by atoms with Gasteiger partial charge >= 0.3 is 0 Å². The molecule has 4 heteroatoms. The van der Waals surface area contributed by atoms with Crippen LogP contribution in [-0.4, -0.2) is 4.98 Å². The Hall–Kier alpha value is -7.69. The zero-order chi connectivity index (χ0) is 37.7. The summed E-state index contributed by atoms with van der Waals surface area (Å²) in [6, 6.07) is 72.5. The second-order valence-corrected chi connectivity index (χ2v) is 14.4. The highest BCUT2D eigenvalue weighted by molar-refractivity contribution is 6.10. The van der Waals surface area contributed by atoms with Crippen LogP contribution in [0, 0.1) is 0 Å². The van der Waals surface area contributed by atoms with Gasteiger partial charge in [0.2, 0.25) is 5.89 Å². The molecule has 0 aliphatic rings. The third-order valence-electron chi connectivity index (χ3n) is 10.9. The predicted molar refractivity (Wildman–Crippen MR) is 235 cm³/mol. The lowest BCUT2D eigenvalue weighted by Gasteiger charge is -2.27. The first kappa shape index (κ1) is 32.7. The minimum absolute atomic E-state index is 0.597. The summed E-state index contributed by atoms with van der Waals surface area (Å²) in [4.78, 5) is 7.13. The Morgan fingerprint density at radius 3 is 1.74 bits per heavy atom. The van der Waals surface area contributed by atoms with Crippen LogP contribution in [0.15, 0.2) is 215 Å². The second-order valence-electron chi connectivity index (χ2n) is 14.4. The first-order valence-electron chi connectivity index (χ1n) is 19.2. The molecule has 0 spiro atoms. The number of fused-ring (bicyclic) bond motifs is 5. The van der Waals surface area contributed by atoms with E-state index in [2.05, 4.69) is 175 Å². The van der Waals surface area contributed by atoms with Gasteiger partial charge in [-0.15, -0.1) is 0 Å². The number of rotatable bonds is 7. The van der Waals surface area contributed by atoms with E-state index >= 15 is 0 Å². The lowest BCUT2D eigenvalue weighted by molar-refractivity contribution is 0.620. The Morgan fingerprint density at radius 1 is 0.333 bits per heavy atom. The largest absolute Gasteiger partial charge is 0.456 e. The standard InChI is InChI=1S/C53H34N2O2/c1-4-13-35(14-5-1)36-23-25-40(26-24-36)55(41-27-29-44(37-15-6-2-7-16-37)47(31-41)45-22-12-20-38-17-10-11-21-43(38)45)42-28-30-46-48-33-52-49(34-51(48)56-50(46)32-42)54-53(57-52)39-18-8-3-9-19-39/h1-34H. The summed E-state index contributed by atoms with van der Waals surface area (Å²) in [5, 5.41) is 4.43. The molecule has 9 aromatic carbocycles. The van der Waals surface area contributed by atoms with Crippen molar-refractivity contribution in [2.75, 3.05) is 4.90 Å². The van der Waals surface area contributed by atoms with Crippen molar-refractivity contribution >= 4 is 60.9 Å². The molecule has 11 aromatic rings. The number of hydrogen-bond donors (Lipinski definition) is 0. The summed E-state index contributed by atoms with van der Waals surface area (Å²) >= 11 is 0. The fourth-order valence-electron chi connectivity index (χ4n) is 8.13. The number of furan rings is 1. The van der Waals surface area contributed by atoms with Gasteiger partial charge in [0, 0.05) is 45.5 Å². The van der Waals surface area contributed by atoms with E-state index in [1.54, 1.807) is 0 Å². The SMILES string of the molecule is c1ccc(-c2ccc(N(c3ccc(-c4ccccc4)c(-c4cccc5ccccc45)c3)c3ccc4c(c3)oc3cc5nc(-c6ccccc6)oc5cc34)cc2)cc1. The molecule has 0 fully saturated rings. The van der Waals surface area contributed by atoms with Crippen LogP contribution in [0.2, 0.25) is 0 Å². The Kier molecular flexibility index (Phi) is 7.78. The normalized spacial score (nSPS) is 11.5. The zero-order valence-electron chi connectivity index (χ0n) is 30.8. The molecule has 0 N–H and O–H groups in total. The summed E-state index contributed by atoms with van der Waals surface area (Å²) < 4.78 is 12.9. The van der Waals surface area contributed by atoms with Crippen LogP contribution in [0.25, 0.3) is 88.6 Å². The van der Waals surface area contributed by atoms with Crippen LogP contribution in [-0.2, 0) is 0 Å². The fraction of sp³-hybridized carbons (Fsp3) is 0. The van der Waals surface area contributed by atoms with Gasteiger partial charge in [0.25, 0.3) is 0 Å². The molecule has 0 amide bonds. The summed E-state index contributed by atoms with van der Waals surface area (Å²) in [6.45, 7) is 0. The molecule has 57 heavy (non-hydrogen) atoms. The van der Waals surface area contributed by atoms with Crippen LogP contribution in [0.4, 0.5) is 17.1 Å². The molecular weight excluding hydrogens is 697 g/mol. The molecule has 0 unspecified atom stereocenters. The predicted octanol–water partition coefficient (Wildman–Crippen LogP) is 15.0. The second kappa shape index (κ2) is 13.6. The third-order valence-corrected chi connectivity index (χ3v) is 10.9. The number of nitrogens with zero attached hydrogens (tertiary/aromatic N) is 2. The summed E-state index contributed by atoms with van der Waals surface area (Å²) in [6.07, 6.45) is 0. The molecular formula is C53H34N2O2. The third kappa shape index (κ3) is 5.83. The Bertz CT molecular complexity index is 3220. The van der Waals surface area contributed by atoms with E-state index in [4.69, 9.17) is 13.8 Å². The van der Waals surface area contributed by atoms with Gasteiger partial charge in [0.05, 0.1) is 0 Å². The van der Waals surface area contributed by atoms with Crippen LogP contribution in [0.3, 0.4) is 0 Å². The van der Waals surface area contributed by atoms with E-state index in [0.717, 1.165) is 66.8 Å². The van der Waals surface area contributed by atoms with Crippen molar-refractivity contribution in [1.29, 1.82) is 0 Å². The lowest BCUT2D eigenvalue weighted by Crippen LogP contribution is -2.10. The summed E-state index contributed by atoms with van der Waals surface area (Å²) in [7, 11) is 0. The van der Waals surface area contributed by atoms with E-state index in [9.17, 15) is 0 Å². The van der Waals surface area contributed by atoms with Gasteiger partial charge in [0.15, 0.2) is 5.58 Å². The van der Waals surface area contributed by atoms with Crippen molar-refractivity contribution < 1.29 is 8.83 Å². The minimum atomic E-state index is 0.597. The van der Waals surface area contributed by atoms with Gasteiger partial charge in [0.1, 0.15) is 16.7 Å². The molecule has 4 nitrogen and oxygen atoms in total. The highest BCUT2D eigenvalue weighted by atomic mass is 16.4. The van der Waals surface area contributed by atoms with Crippen LogP contribution in [0.1, 0.15) is 0 Å². The zero-order valence-corrected chi connectivity index (χ0v) is 30.8. The smallest absolute Gasteiger partial charge is 0.227 e. The van der Waals surface area contributed by atoms with Crippen molar-refractivity contribution in [2.45, 2.75) is 0 Å². The van der Waals surface area contributed by atoms with E-state index in [1.807, 2.05) is 36.4 Å². The highest BCUT2D eigenvalue weighted by Gasteiger charge is 2.20. The van der Waals surface area contributed by atoms with Gasteiger partial charge in [-0.25, -0.2) is 4.98 Å². The molecule has 11 rings (SSSR count). The number of hydrogen-bond acceptors (Lipinski definition) is 4. The molecule has 0 atom stereocenters. The van der Waals surface area contributed by atoms with E-state index in [1.165, 1.54) is 33.0 Å². The Balaban J connectivity index is 1.09. The molecule has 0 aliphatic carbocycles. The van der Waals surface area contributed by atoms with Crippen molar-refractivity contribution in [3.8, 4) is 44.8 Å². The number of oxazole rings is 1. The summed E-state index contributed by atoms with van der Waals surface area (Å²) in [5.41, 5.74) is 14.1.